The third kappa shape index (κ3) is 5.62. The number of amides is 2. The number of ether oxygens (including phenoxy) is 2. The van der Waals surface area contributed by atoms with Gasteiger partial charge < -0.3 is 19.7 Å². The average Bonchev–Trinajstić information content (AvgIpc) is 2.81. The van der Waals surface area contributed by atoms with Gasteiger partial charge in [-0.3, -0.25) is 9.59 Å². The molecule has 8 heteroatoms. The number of anilines is 1. The molecule has 1 aliphatic rings. The quantitative estimate of drug-likeness (QED) is 0.582. The molecule has 1 N–H and O–H groups in total. The minimum atomic E-state index is -0.450. The Kier molecular flexibility index (Phi) is 8.16. The summed E-state index contributed by atoms with van der Waals surface area (Å²) in [7, 11) is 3.17. The second kappa shape index (κ2) is 11.0. The number of nitrogens with zero attached hydrogens (tertiary/aromatic N) is 1. The molecule has 7 nitrogen and oxygen atoms in total. The molecule has 0 saturated carbocycles. The molecule has 0 radical (unpaired) electrons. The second-order valence-electron chi connectivity index (χ2n) is 7.35. The van der Waals surface area contributed by atoms with Gasteiger partial charge in [-0.2, -0.15) is 0 Å². The van der Waals surface area contributed by atoms with Crippen LogP contribution in [0.4, 0.5) is 5.69 Å². The Morgan fingerprint density at radius 3 is 2.56 bits per heavy atom. The molecule has 0 aromatic heterocycles. The maximum absolute atomic E-state index is 13.3. The second-order valence-corrected chi connectivity index (χ2v) is 8.59. The fourth-order valence-corrected chi connectivity index (χ4v) is 4.77. The van der Waals surface area contributed by atoms with E-state index in [4.69, 9.17) is 9.47 Å². The fourth-order valence-electron chi connectivity index (χ4n) is 3.52. The Morgan fingerprint density at radius 2 is 1.91 bits per heavy atom. The van der Waals surface area contributed by atoms with E-state index in [2.05, 4.69) is 5.32 Å². The molecule has 1 atom stereocenters. The van der Waals surface area contributed by atoms with E-state index in [1.165, 1.54) is 29.3 Å². The molecule has 0 unspecified atom stereocenters. The number of carbonyl (C=O) groups is 3. The molecule has 1 heterocycles. The van der Waals surface area contributed by atoms with Gasteiger partial charge in [0.15, 0.2) is 0 Å². The van der Waals surface area contributed by atoms with E-state index in [1.54, 1.807) is 26.2 Å². The molecule has 0 aliphatic carbocycles. The van der Waals surface area contributed by atoms with Crippen LogP contribution >= 0.6 is 11.8 Å². The van der Waals surface area contributed by atoms with Gasteiger partial charge in [-0.15, -0.1) is 11.8 Å². The van der Waals surface area contributed by atoms with Crippen LogP contribution in [0.3, 0.4) is 0 Å². The summed E-state index contributed by atoms with van der Waals surface area (Å²) in [6.07, 6.45) is 2.36. The molecule has 0 saturated heterocycles. The lowest BCUT2D eigenvalue weighted by molar-refractivity contribution is -0.123. The molecule has 32 heavy (non-hydrogen) atoms. The van der Waals surface area contributed by atoms with E-state index in [9.17, 15) is 14.4 Å². The molecule has 170 valence electrons. The summed E-state index contributed by atoms with van der Waals surface area (Å²) < 4.78 is 10.3. The molecular weight excluding hydrogens is 428 g/mol. The van der Waals surface area contributed by atoms with Crippen molar-refractivity contribution >= 4 is 35.2 Å². The molecule has 3 rings (SSSR count). The molecule has 0 spiro atoms. The normalized spacial score (nSPS) is 15.2. The summed E-state index contributed by atoms with van der Waals surface area (Å²) in [5.74, 6) is -0.0266. The highest BCUT2D eigenvalue weighted by Gasteiger charge is 2.34. The van der Waals surface area contributed by atoms with E-state index >= 15 is 0 Å². The molecule has 0 fully saturated rings. The van der Waals surface area contributed by atoms with E-state index in [-0.39, 0.29) is 30.2 Å². The number of carbonyl (C=O) groups excluding carboxylic acids is 3. The van der Waals surface area contributed by atoms with Gasteiger partial charge >= 0.3 is 5.97 Å². The molecule has 2 aromatic rings. The van der Waals surface area contributed by atoms with Crippen molar-refractivity contribution in [3.63, 3.8) is 0 Å². The minimum absolute atomic E-state index is 0.0931. The van der Waals surface area contributed by atoms with Crippen LogP contribution in [-0.2, 0) is 20.7 Å². The van der Waals surface area contributed by atoms with Crippen molar-refractivity contribution in [2.45, 2.75) is 36.3 Å². The molecule has 2 amide bonds. The average molecular weight is 457 g/mol. The zero-order valence-electron chi connectivity index (χ0n) is 18.6. The highest BCUT2D eigenvalue weighted by Crippen LogP contribution is 2.41. The summed E-state index contributed by atoms with van der Waals surface area (Å²) in [6, 6.07) is 13.1. The number of esters is 1. The first kappa shape index (κ1) is 23.7. The first-order chi connectivity index (χ1) is 15.5. The van der Waals surface area contributed by atoms with Crippen molar-refractivity contribution in [3.05, 3.63) is 53.6 Å². The summed E-state index contributed by atoms with van der Waals surface area (Å²) in [4.78, 5) is 39.9. The van der Waals surface area contributed by atoms with E-state index < -0.39 is 5.97 Å². The minimum Gasteiger partial charge on any atom is -0.497 e. The van der Waals surface area contributed by atoms with Crippen LogP contribution in [0.2, 0.25) is 0 Å². The lowest BCUT2D eigenvalue weighted by Crippen LogP contribution is -2.46. The summed E-state index contributed by atoms with van der Waals surface area (Å²) in [6.45, 7) is 1.91. The van der Waals surface area contributed by atoms with Crippen LogP contribution in [0, 0.1) is 0 Å². The Labute approximate surface area is 192 Å². The topological polar surface area (TPSA) is 84.9 Å². The van der Waals surface area contributed by atoms with Crippen molar-refractivity contribution in [2.75, 3.05) is 32.2 Å². The first-order valence-corrected chi connectivity index (χ1v) is 11.5. The SMILES string of the molecule is CCOC(=O)c1ccc2c(c1)N(CC(=O)NC)C(=O)[C@H](CCCc1ccc(OC)cc1)S2. The van der Waals surface area contributed by atoms with E-state index in [1.807, 2.05) is 30.3 Å². The van der Waals surface area contributed by atoms with Gasteiger partial charge in [0.25, 0.3) is 0 Å². The number of nitrogens with one attached hydrogen (secondary N) is 1. The third-order valence-corrected chi connectivity index (χ3v) is 6.56. The number of thioether (sulfide) groups is 1. The maximum atomic E-state index is 13.3. The van der Waals surface area contributed by atoms with E-state index in [0.29, 0.717) is 17.7 Å². The Morgan fingerprint density at radius 1 is 1.16 bits per heavy atom. The van der Waals surface area contributed by atoms with Gasteiger partial charge in [0.1, 0.15) is 12.3 Å². The fraction of sp³-hybridized carbons (Fsp3) is 0.375. The number of fused-ring (bicyclic) bond motifs is 1. The Bertz CT molecular complexity index is 977. The number of methoxy groups -OCH3 is 1. The van der Waals surface area contributed by atoms with Gasteiger partial charge in [0.05, 0.1) is 30.2 Å². The van der Waals surface area contributed by atoms with Crippen LogP contribution in [0.1, 0.15) is 35.7 Å². The predicted molar refractivity (Wildman–Crippen MR) is 124 cm³/mol. The van der Waals surface area contributed by atoms with E-state index in [0.717, 1.165) is 23.5 Å². The van der Waals surface area contributed by atoms with Gasteiger partial charge in [-0.05, 0) is 62.1 Å². The van der Waals surface area contributed by atoms with Gasteiger partial charge in [-0.25, -0.2) is 4.79 Å². The molecule has 2 aromatic carbocycles. The van der Waals surface area contributed by atoms with Crippen LogP contribution in [0.25, 0.3) is 0 Å². The highest BCUT2D eigenvalue weighted by molar-refractivity contribution is 8.01. The van der Waals surface area contributed by atoms with Gasteiger partial charge in [0.2, 0.25) is 11.8 Å². The van der Waals surface area contributed by atoms with Crippen LogP contribution < -0.4 is 15.0 Å². The predicted octanol–water partition coefficient (Wildman–Crippen LogP) is 3.45. The standard InChI is InChI=1S/C24H28N2O5S/c1-4-31-24(29)17-10-13-20-19(14-17)26(15-22(27)25-2)23(28)21(32-20)7-5-6-16-8-11-18(30-3)12-9-16/h8-14,21H,4-7,15H2,1-3H3,(H,25,27)/t21-/m0/s1. The van der Waals surface area contributed by atoms with Gasteiger partial charge in [-0.1, -0.05) is 12.1 Å². The lowest BCUT2D eigenvalue weighted by Gasteiger charge is -2.33. The number of benzene rings is 2. The summed E-state index contributed by atoms with van der Waals surface area (Å²) in [5.41, 5.74) is 2.11. The van der Waals surface area contributed by atoms with Crippen molar-refractivity contribution in [1.82, 2.24) is 5.32 Å². The van der Waals surface area contributed by atoms with Crippen molar-refractivity contribution in [1.29, 1.82) is 0 Å². The zero-order valence-corrected chi connectivity index (χ0v) is 19.4. The number of aryl methyl sites for hydroxylation is 1. The van der Waals surface area contributed by atoms with Gasteiger partial charge in [0, 0.05) is 11.9 Å². The van der Waals surface area contributed by atoms with Crippen LogP contribution in [0.15, 0.2) is 47.4 Å². The molecule has 0 bridgehead atoms. The number of likely N-dealkylation sites (N-methyl/N-ethyl adjacent to an activating group) is 1. The molecular formula is C24H28N2O5S. The number of hydrogen-bond acceptors (Lipinski definition) is 6. The first-order valence-electron chi connectivity index (χ1n) is 10.6. The number of rotatable bonds is 9. The monoisotopic (exact) mass is 456 g/mol. The largest absolute Gasteiger partial charge is 0.497 e. The Balaban J connectivity index is 1.76. The van der Waals surface area contributed by atoms with Crippen molar-refractivity contribution < 1.29 is 23.9 Å². The van der Waals surface area contributed by atoms with Crippen molar-refractivity contribution in [3.8, 4) is 5.75 Å². The number of hydrogen-bond donors (Lipinski definition) is 1. The highest BCUT2D eigenvalue weighted by atomic mass is 32.2. The zero-order chi connectivity index (χ0) is 23.1. The molecule has 1 aliphatic heterocycles. The lowest BCUT2D eigenvalue weighted by atomic mass is 10.1. The summed E-state index contributed by atoms with van der Waals surface area (Å²) in [5, 5.41) is 2.28. The van der Waals surface area contributed by atoms with Crippen LogP contribution in [0.5, 0.6) is 5.75 Å². The summed E-state index contributed by atoms with van der Waals surface area (Å²) >= 11 is 1.48. The van der Waals surface area contributed by atoms with Crippen LogP contribution in [-0.4, -0.2) is 50.3 Å². The van der Waals surface area contributed by atoms with Crippen molar-refractivity contribution in [2.24, 2.45) is 0 Å². The smallest absolute Gasteiger partial charge is 0.338 e. The Hall–Kier alpha value is -3.00. The third-order valence-electron chi connectivity index (χ3n) is 5.24. The maximum Gasteiger partial charge on any atom is 0.338 e.